The van der Waals surface area contributed by atoms with Gasteiger partial charge in [0, 0.05) is 18.6 Å². The molecule has 3 aliphatic carbocycles. The summed E-state index contributed by atoms with van der Waals surface area (Å²) >= 11 is 0. The lowest BCUT2D eigenvalue weighted by atomic mass is 9.68. The van der Waals surface area contributed by atoms with E-state index in [-0.39, 0.29) is 11.3 Å². The number of nitrogens with one attached hydrogen (secondary N) is 1. The highest BCUT2D eigenvalue weighted by Gasteiger charge is 2.45. The molecule has 3 N–H and O–H groups in total. The van der Waals surface area contributed by atoms with Gasteiger partial charge in [-0.3, -0.25) is 0 Å². The van der Waals surface area contributed by atoms with Gasteiger partial charge in [-0.1, -0.05) is 44.9 Å². The minimum Gasteiger partial charge on any atom is -0.327 e. The maximum atomic E-state index is 13.1. The lowest BCUT2D eigenvalue weighted by Gasteiger charge is -2.47. The molecule has 0 aliphatic heterocycles. The van der Waals surface area contributed by atoms with Crippen molar-refractivity contribution in [3.63, 3.8) is 0 Å². The summed E-state index contributed by atoms with van der Waals surface area (Å²) < 4.78 is 29.2. The van der Waals surface area contributed by atoms with Gasteiger partial charge in [0.15, 0.2) is 0 Å². The number of nitrogens with zero attached hydrogens (tertiary/aromatic N) is 1. The molecule has 4 unspecified atom stereocenters. The van der Waals surface area contributed by atoms with Crippen molar-refractivity contribution >= 4 is 10.0 Å². The summed E-state index contributed by atoms with van der Waals surface area (Å²) in [6, 6.07) is 0.485. The maximum Gasteiger partial charge on any atom is 0.214 e. The van der Waals surface area contributed by atoms with Gasteiger partial charge in [-0.15, -0.1) is 0 Å². The predicted octanol–water partition coefficient (Wildman–Crippen LogP) is 3.10. The Morgan fingerprint density at radius 2 is 1.59 bits per heavy atom. The molecule has 0 radical (unpaired) electrons. The second-order valence-electron chi connectivity index (χ2n) is 9.65. The molecule has 3 aliphatic rings. The minimum atomic E-state index is -3.29. The quantitative estimate of drug-likeness (QED) is 0.690. The van der Waals surface area contributed by atoms with E-state index in [1.165, 1.54) is 44.9 Å². The van der Waals surface area contributed by atoms with Crippen LogP contribution in [-0.4, -0.2) is 51.3 Å². The Balaban J connectivity index is 1.56. The molecule has 5 atom stereocenters. The summed E-state index contributed by atoms with van der Waals surface area (Å²) in [4.78, 5) is 2.32. The predicted molar refractivity (Wildman–Crippen MR) is 112 cm³/mol. The molecule has 0 aromatic rings. The van der Waals surface area contributed by atoms with E-state index >= 15 is 0 Å². The van der Waals surface area contributed by atoms with E-state index in [2.05, 4.69) is 23.7 Å². The van der Waals surface area contributed by atoms with Crippen molar-refractivity contribution in [2.75, 3.05) is 20.6 Å². The van der Waals surface area contributed by atoms with Crippen LogP contribution >= 0.6 is 0 Å². The molecule has 27 heavy (non-hydrogen) atoms. The van der Waals surface area contributed by atoms with E-state index < -0.39 is 10.0 Å². The van der Waals surface area contributed by atoms with Crippen LogP contribution in [0.15, 0.2) is 0 Å². The molecular weight excluding hydrogens is 358 g/mol. The number of nitrogens with two attached hydrogens (primary N) is 1. The number of rotatable bonds is 7. The molecule has 0 aromatic heterocycles. The van der Waals surface area contributed by atoms with Crippen LogP contribution in [0, 0.1) is 17.8 Å². The molecular formula is C21H41N3O2S. The van der Waals surface area contributed by atoms with E-state index in [4.69, 9.17) is 5.73 Å². The highest BCUT2D eigenvalue weighted by atomic mass is 32.2. The van der Waals surface area contributed by atoms with Crippen molar-refractivity contribution in [2.45, 2.75) is 94.4 Å². The van der Waals surface area contributed by atoms with E-state index in [1.54, 1.807) is 0 Å². The van der Waals surface area contributed by atoms with E-state index in [9.17, 15) is 8.42 Å². The summed E-state index contributed by atoms with van der Waals surface area (Å²) in [6.45, 7) is 0.407. The Kier molecular flexibility index (Phi) is 7.62. The number of hydrogen-bond acceptors (Lipinski definition) is 4. The second-order valence-corrected chi connectivity index (χ2v) is 11.6. The topological polar surface area (TPSA) is 75.4 Å². The molecule has 5 nitrogen and oxygen atoms in total. The zero-order valence-corrected chi connectivity index (χ0v) is 18.2. The Hall–Kier alpha value is -0.170. The van der Waals surface area contributed by atoms with Crippen LogP contribution in [0.2, 0.25) is 0 Å². The third kappa shape index (κ3) is 5.46. The van der Waals surface area contributed by atoms with Crippen LogP contribution in [0.4, 0.5) is 0 Å². The fraction of sp³-hybridized carbons (Fsp3) is 1.00. The van der Waals surface area contributed by atoms with Gasteiger partial charge in [-0.25, -0.2) is 13.1 Å². The van der Waals surface area contributed by atoms with Crippen molar-refractivity contribution in [3.8, 4) is 0 Å². The summed E-state index contributed by atoms with van der Waals surface area (Å²) in [5.41, 5.74) is 6.30. The number of hydrogen-bond donors (Lipinski definition) is 2. The molecule has 0 heterocycles. The highest BCUT2D eigenvalue weighted by molar-refractivity contribution is 7.90. The largest absolute Gasteiger partial charge is 0.327 e. The number of fused-ring (bicyclic) bond motifs is 1. The van der Waals surface area contributed by atoms with E-state index in [0.29, 0.717) is 30.3 Å². The smallest absolute Gasteiger partial charge is 0.214 e. The van der Waals surface area contributed by atoms with Gasteiger partial charge in [-0.05, 0) is 64.0 Å². The van der Waals surface area contributed by atoms with Gasteiger partial charge in [0.1, 0.15) is 0 Å². The first kappa shape index (κ1) is 21.5. The second kappa shape index (κ2) is 9.55. The van der Waals surface area contributed by atoms with Crippen molar-refractivity contribution in [2.24, 2.45) is 23.5 Å². The average Bonchev–Trinajstić information content (AvgIpc) is 2.66. The van der Waals surface area contributed by atoms with E-state index in [1.807, 2.05) is 0 Å². The first-order chi connectivity index (χ1) is 12.9. The van der Waals surface area contributed by atoms with Crippen LogP contribution in [0.5, 0.6) is 0 Å². The lowest BCUT2D eigenvalue weighted by Crippen LogP contribution is -2.52. The van der Waals surface area contributed by atoms with Gasteiger partial charge in [0.05, 0.1) is 5.25 Å². The van der Waals surface area contributed by atoms with Gasteiger partial charge >= 0.3 is 0 Å². The summed E-state index contributed by atoms with van der Waals surface area (Å²) in [5.74, 6) is 1.53. The van der Waals surface area contributed by atoms with E-state index in [0.717, 1.165) is 32.1 Å². The molecule has 0 saturated heterocycles. The molecule has 3 rings (SSSR count). The van der Waals surface area contributed by atoms with Crippen molar-refractivity contribution in [1.82, 2.24) is 9.62 Å². The minimum absolute atomic E-state index is 0.0526. The summed E-state index contributed by atoms with van der Waals surface area (Å²) in [6.07, 6.45) is 13.9. The molecule has 6 heteroatoms. The average molecular weight is 400 g/mol. The van der Waals surface area contributed by atoms with Gasteiger partial charge in [-0.2, -0.15) is 0 Å². The Morgan fingerprint density at radius 1 is 0.926 bits per heavy atom. The molecule has 3 fully saturated rings. The monoisotopic (exact) mass is 399 g/mol. The molecule has 0 spiro atoms. The molecule has 0 amide bonds. The maximum absolute atomic E-state index is 13.1. The van der Waals surface area contributed by atoms with Crippen LogP contribution in [0.3, 0.4) is 0 Å². The molecule has 158 valence electrons. The Labute approximate surface area is 166 Å². The third-order valence-electron chi connectivity index (χ3n) is 7.55. The fourth-order valence-electron chi connectivity index (χ4n) is 6.20. The first-order valence-electron chi connectivity index (χ1n) is 11.3. The van der Waals surface area contributed by atoms with Crippen molar-refractivity contribution in [1.29, 1.82) is 0 Å². The highest BCUT2D eigenvalue weighted by Crippen LogP contribution is 2.44. The van der Waals surface area contributed by atoms with Crippen LogP contribution in [0.1, 0.15) is 77.0 Å². The van der Waals surface area contributed by atoms with Gasteiger partial charge < -0.3 is 10.6 Å². The first-order valence-corrected chi connectivity index (χ1v) is 12.8. The van der Waals surface area contributed by atoms with Crippen molar-refractivity contribution < 1.29 is 8.42 Å². The summed E-state index contributed by atoms with van der Waals surface area (Å²) in [5, 5.41) is -0.221. The normalized spacial score (nSPS) is 34.4. The van der Waals surface area contributed by atoms with Crippen molar-refractivity contribution in [3.05, 3.63) is 0 Å². The molecule has 0 aromatic carbocycles. The van der Waals surface area contributed by atoms with Crippen LogP contribution in [-0.2, 0) is 10.0 Å². The molecule has 0 bridgehead atoms. The Morgan fingerprint density at radius 3 is 2.30 bits per heavy atom. The lowest BCUT2D eigenvalue weighted by molar-refractivity contribution is 0.0713. The van der Waals surface area contributed by atoms with Gasteiger partial charge in [0.25, 0.3) is 0 Å². The van der Waals surface area contributed by atoms with Gasteiger partial charge in [0.2, 0.25) is 10.0 Å². The Bertz CT molecular complexity index is 560. The zero-order valence-electron chi connectivity index (χ0n) is 17.4. The fourth-order valence-corrected chi connectivity index (χ4v) is 8.14. The van der Waals surface area contributed by atoms with Crippen LogP contribution in [0.25, 0.3) is 0 Å². The SMILES string of the molecule is CN(C)C1CCCC2C1CCCC2S(=O)(=O)NC[C@H](N)CC1CCCCC1. The summed E-state index contributed by atoms with van der Waals surface area (Å²) in [7, 11) is 1.01. The third-order valence-corrected chi connectivity index (χ3v) is 9.51. The zero-order chi connectivity index (χ0) is 19.4. The number of sulfonamides is 1. The van der Waals surface area contributed by atoms with Crippen LogP contribution < -0.4 is 10.5 Å². The standard InChI is InChI=1S/C21H41N3O2S/c1-24(2)20-12-6-11-19-18(20)10-7-13-21(19)27(25,26)23-15-17(22)14-16-8-4-3-5-9-16/h16-21,23H,3-15,22H2,1-2H3/t17-,18?,19?,20?,21?/m1/s1. The molecule has 3 saturated carbocycles.